The highest BCUT2D eigenvalue weighted by Gasteiger charge is 2.72. The van der Waals surface area contributed by atoms with Gasteiger partial charge in [-0.25, -0.2) is 0 Å². The zero-order chi connectivity index (χ0) is 33.4. The van der Waals surface area contributed by atoms with Gasteiger partial charge in [-0.2, -0.15) is 5.06 Å². The van der Waals surface area contributed by atoms with E-state index < -0.39 is 29.8 Å². The predicted molar refractivity (Wildman–Crippen MR) is 417 cm³/mol. The average Bonchev–Trinajstić information content (AvgIpc) is 3.76. The van der Waals surface area contributed by atoms with Gasteiger partial charge >= 0.3 is 0 Å². The van der Waals surface area contributed by atoms with Gasteiger partial charge in [-0.05, 0) is 61.1 Å². The quantitative estimate of drug-likeness (QED) is 0.0780. The van der Waals surface area contributed by atoms with Crippen molar-refractivity contribution in [2.75, 3.05) is 20.2 Å². The van der Waals surface area contributed by atoms with E-state index >= 15 is 0 Å². The number of nitrogens with two attached hydrogens (primary N) is 1. The first-order valence-electron chi connectivity index (χ1n) is 16.6. The van der Waals surface area contributed by atoms with Crippen molar-refractivity contribution in [2.24, 2.45) is 11.7 Å². The second-order valence-electron chi connectivity index (χ2n) is 12.5. The lowest BCUT2D eigenvalue weighted by molar-refractivity contribution is -0.219. The van der Waals surface area contributed by atoms with Crippen LogP contribution in [-0.4, -0.2) is 78.0 Å². The maximum atomic E-state index is 14.0. The lowest BCUT2D eigenvalue weighted by Gasteiger charge is -2.37. The third-order valence-corrected chi connectivity index (χ3v) is 9.11. The van der Waals surface area contributed by atoms with Crippen molar-refractivity contribution in [3.63, 3.8) is 0 Å². The molecule has 2 aromatic rings. The zero-order valence-corrected chi connectivity index (χ0v) is 27.2. The fourth-order valence-electron chi connectivity index (χ4n) is 6.57. The molecule has 2 aromatic carbocycles. The van der Waals surface area contributed by atoms with E-state index in [9.17, 15) is 19.5 Å². The van der Waals surface area contributed by atoms with Crippen LogP contribution in [0.25, 0.3) is 0 Å². The van der Waals surface area contributed by atoms with Crippen LogP contribution in [0.15, 0.2) is 48.5 Å². The van der Waals surface area contributed by atoms with E-state index in [1.807, 2.05) is 48.5 Å². The van der Waals surface area contributed by atoms with Crippen LogP contribution in [-0.2, 0) is 36.9 Å². The molecule has 5 rings (SSSR count). The van der Waals surface area contributed by atoms with Crippen LogP contribution in [0.2, 0.25) is 0 Å². The third kappa shape index (κ3) is 55.7. The Labute approximate surface area is 541 Å². The number of carbonyl (C=O) groups is 3. The highest BCUT2D eigenvalue weighted by atomic mass is 16.7. The number of ether oxygens (including phenoxy) is 2. The first kappa shape index (κ1) is 218. The van der Waals surface area contributed by atoms with Crippen LogP contribution < -0.4 is 21.1 Å². The molecule has 1 saturated carbocycles. The molecule has 2 heterocycles. The number of aliphatic hydroxyl groups excluding tert-OH is 1. The van der Waals surface area contributed by atoms with Crippen molar-refractivity contribution in [3.05, 3.63) is 65.2 Å². The van der Waals surface area contributed by atoms with Gasteiger partial charge in [0.2, 0.25) is 11.8 Å². The Bertz CT molecular complexity index is 1460. The predicted octanol–water partition coefficient (Wildman–Crippen LogP) is 25.3. The Morgan fingerprint density at radius 3 is 1.42 bits per heavy atom. The topological polar surface area (TPSA) is 156 Å². The van der Waals surface area contributed by atoms with Gasteiger partial charge in [-0.3, -0.25) is 19.2 Å². The monoisotopic (exact) mass is 1220 g/mol. The number of unbranched alkanes of at least 4 members (excludes halogenated alkanes) is 3. The van der Waals surface area contributed by atoms with E-state index in [2.05, 4.69) is 29.4 Å². The molecule has 5 N–H and O–H groups in total. The number of carbonyl (C=O) groups excluding carboxylic acids is 3. The Morgan fingerprint density at radius 2 is 1.02 bits per heavy atom. The number of nitrogens with zero attached hydrogens (tertiary/aromatic N) is 1. The number of hydrogen-bond donors (Lipinski definition) is 4. The summed E-state index contributed by atoms with van der Waals surface area (Å²) in [5, 5.41) is 19.1. The molecule has 3 fully saturated rings. The van der Waals surface area contributed by atoms with Crippen LogP contribution in [0.4, 0.5) is 0 Å². The van der Waals surface area contributed by atoms with E-state index in [1.165, 1.54) is 0 Å². The molecule has 540 valence electrons. The molecule has 3 amide bonds. The Kier molecular flexibility index (Phi) is 270. The minimum Gasteiger partial charge on any atom is -0.497 e. The van der Waals surface area contributed by atoms with Crippen LogP contribution in [0.3, 0.4) is 0 Å². The van der Waals surface area contributed by atoms with E-state index in [1.54, 1.807) is 12.2 Å². The number of epoxide rings is 1. The van der Waals surface area contributed by atoms with Gasteiger partial charge in [-0.1, -0.05) is 317 Å². The van der Waals surface area contributed by atoms with E-state index in [0.29, 0.717) is 38.8 Å². The number of aliphatic hydroxyl groups is 1. The molecule has 1 aliphatic carbocycles. The standard InChI is InChI=1S/C36H46N4O7.36CH4/c1-3-4-6-9-24-11-13-26(14-12-24)23-40-31(34(43)38-21-19-25-15-17-27(45-2)18-16-25)30-32(42)33-28(46-33)22-36(30,47-40)35(44)39-20-8-5-7-10-29(37)41;;;;;;;;;;;;;;;;;;;;;;;;;;;;;;;;;;;;/h11-18,28,30-33,42H,3-5,7-8,10,19-23H2,1-2H3,(H2,37,41)(H,38,43)(H,39,44);36*1H4/t28?,30-,31+,32?,33?,36+;;;;;;;;;;;;;;;;;;;;;;;;;;;;;;;;;;;;/m1..................................../s1. The lowest BCUT2D eigenvalue weighted by Crippen LogP contribution is -2.61. The molecule has 3 aliphatic rings. The summed E-state index contributed by atoms with van der Waals surface area (Å²) in [6, 6.07) is 14.4. The Hall–Kier alpha value is -3.95. The first-order chi connectivity index (χ1) is 22.8. The highest BCUT2D eigenvalue weighted by molar-refractivity contribution is 5.90. The normalized spacial score (nSPS) is 14.7. The molecule has 11 heteroatoms. The smallest absolute Gasteiger partial charge is 0.254 e. The number of primary amides is 1. The summed E-state index contributed by atoms with van der Waals surface area (Å²) < 4.78 is 11.0. The van der Waals surface area contributed by atoms with E-state index in [-0.39, 0.29) is 304 Å². The van der Waals surface area contributed by atoms with Crippen LogP contribution >= 0.6 is 0 Å². The second-order valence-corrected chi connectivity index (χ2v) is 12.5. The van der Waals surface area contributed by atoms with Gasteiger partial charge in [0.1, 0.15) is 17.9 Å². The number of methoxy groups -OCH3 is 1. The molecule has 0 bridgehead atoms. The Balaban J connectivity index is -0.0000000241. The summed E-state index contributed by atoms with van der Waals surface area (Å²) in [6.45, 7) is 3.03. The number of benzene rings is 2. The summed E-state index contributed by atoms with van der Waals surface area (Å²) in [6.07, 6.45) is 3.09. The van der Waals surface area contributed by atoms with Crippen molar-refractivity contribution in [1.82, 2.24) is 15.7 Å². The van der Waals surface area contributed by atoms with Crippen LogP contribution in [0.5, 0.6) is 5.75 Å². The molecule has 0 spiro atoms. The molecule has 6 atom stereocenters. The average molecular weight is 1220 g/mol. The summed E-state index contributed by atoms with van der Waals surface area (Å²) in [4.78, 5) is 45.6. The fourth-order valence-corrected chi connectivity index (χ4v) is 6.57. The van der Waals surface area contributed by atoms with E-state index in [0.717, 1.165) is 41.7 Å². The van der Waals surface area contributed by atoms with Gasteiger partial charge in [0.25, 0.3) is 5.91 Å². The molecule has 83 heavy (non-hydrogen) atoms. The molecule has 11 nitrogen and oxygen atoms in total. The number of rotatable bonds is 15. The van der Waals surface area contributed by atoms with Crippen molar-refractivity contribution in [3.8, 4) is 17.6 Å². The molecule has 2 saturated heterocycles. The zero-order valence-electron chi connectivity index (χ0n) is 27.2. The summed E-state index contributed by atoms with van der Waals surface area (Å²) in [5.74, 6) is 5.15. The molecule has 0 radical (unpaired) electrons. The van der Waals surface area contributed by atoms with Crippen molar-refractivity contribution in [2.45, 2.75) is 362 Å². The first-order valence-corrected chi connectivity index (χ1v) is 16.6. The van der Waals surface area contributed by atoms with Gasteiger partial charge in [0.15, 0.2) is 5.60 Å². The highest BCUT2D eigenvalue weighted by Crippen LogP contribution is 2.53. The number of fused-ring (bicyclic) bond motifs is 2. The lowest BCUT2D eigenvalue weighted by atomic mass is 9.70. The van der Waals surface area contributed by atoms with Gasteiger partial charge in [0.05, 0.1) is 31.8 Å². The minimum atomic E-state index is -1.49. The molecule has 2 aliphatic heterocycles. The van der Waals surface area contributed by atoms with Crippen molar-refractivity contribution >= 4 is 17.7 Å². The molecular formula is C72H190N4O7. The molecule has 0 aromatic heterocycles. The third-order valence-electron chi connectivity index (χ3n) is 9.11. The minimum absolute atomic E-state index is 0. The molecular weight excluding hydrogens is 1030 g/mol. The largest absolute Gasteiger partial charge is 0.497 e. The van der Waals surface area contributed by atoms with Crippen molar-refractivity contribution in [1.29, 1.82) is 0 Å². The van der Waals surface area contributed by atoms with Gasteiger partial charge in [0, 0.05) is 37.9 Å². The fraction of sp³-hybridized carbons (Fsp3) is 0.764. The number of nitrogens with one attached hydrogen (secondary N) is 2. The SMILES string of the molecule is C.C.C.C.C.C.C.C.C.C.C.C.C.C.C.C.C.C.C.C.C.C.C.C.C.C.C.C.C.C.C.C.C.C.C.C.CCCC#Cc1ccc(CN2O[C@@]3(C(=O)NCCCCCC(N)=O)CC4OC4C(O)[C@H]3[C@H]2C(=O)NCCc2ccc(OC)cc2)cc1. The summed E-state index contributed by atoms with van der Waals surface area (Å²) in [7, 11) is 1.61. The second kappa shape index (κ2) is 103. The van der Waals surface area contributed by atoms with Crippen LogP contribution in [0.1, 0.15) is 336 Å². The van der Waals surface area contributed by atoms with Gasteiger partial charge < -0.3 is 30.9 Å². The number of hydroxylamine groups is 2. The molecule has 3 unspecified atom stereocenters. The summed E-state index contributed by atoms with van der Waals surface area (Å²) in [5.41, 5.74) is 6.55. The number of amides is 3. The Morgan fingerprint density at radius 1 is 0.602 bits per heavy atom. The van der Waals surface area contributed by atoms with Crippen LogP contribution in [0, 0.1) is 17.8 Å². The number of hydrogen-bond acceptors (Lipinski definition) is 8. The summed E-state index contributed by atoms with van der Waals surface area (Å²) >= 11 is 0. The maximum absolute atomic E-state index is 14.0. The van der Waals surface area contributed by atoms with Crippen molar-refractivity contribution < 1.29 is 33.8 Å². The van der Waals surface area contributed by atoms with Gasteiger partial charge in [-0.15, -0.1) is 0 Å². The van der Waals surface area contributed by atoms with E-state index in [4.69, 9.17) is 20.0 Å². The maximum Gasteiger partial charge on any atom is 0.254 e.